The van der Waals surface area contributed by atoms with Crippen LogP contribution in [-0.2, 0) is 0 Å². The lowest BCUT2D eigenvalue weighted by Crippen LogP contribution is -2.48. The summed E-state index contributed by atoms with van der Waals surface area (Å²) in [6.07, 6.45) is 5.46. The first-order chi connectivity index (χ1) is 4.87. The van der Waals surface area contributed by atoms with E-state index >= 15 is 0 Å². The predicted octanol–water partition coefficient (Wildman–Crippen LogP) is 0.477. The second-order valence-corrected chi connectivity index (χ2v) is 3.66. The maximum absolute atomic E-state index is 5.75. The van der Waals surface area contributed by atoms with Crippen molar-refractivity contribution in [3.63, 3.8) is 0 Å². The minimum absolute atomic E-state index is 0.375. The van der Waals surface area contributed by atoms with E-state index in [4.69, 9.17) is 5.73 Å². The Hall–Kier alpha value is -0.0800. The average molecular weight is 140 g/mol. The molecule has 0 aromatic carbocycles. The first kappa shape index (κ1) is 6.62. The van der Waals surface area contributed by atoms with Crippen molar-refractivity contribution in [3.8, 4) is 0 Å². The zero-order chi connectivity index (χ0) is 7.03. The normalized spacial score (nSPS) is 45.9. The average Bonchev–Trinajstić information content (AvgIpc) is 2.42. The number of nitrogens with two attached hydrogens (primary N) is 1. The minimum Gasteiger partial charge on any atom is -0.329 e. The van der Waals surface area contributed by atoms with Crippen LogP contribution in [0.15, 0.2) is 0 Å². The molecule has 1 heterocycles. The Balaban J connectivity index is 2.15. The van der Waals surface area contributed by atoms with Gasteiger partial charge in [0.2, 0.25) is 0 Å². The van der Waals surface area contributed by atoms with E-state index < -0.39 is 0 Å². The molecule has 2 fully saturated rings. The van der Waals surface area contributed by atoms with E-state index in [1.165, 1.54) is 32.2 Å². The summed E-state index contributed by atoms with van der Waals surface area (Å²) in [6, 6.07) is 0. The molecule has 2 nitrogen and oxygen atoms in total. The van der Waals surface area contributed by atoms with Gasteiger partial charge in [-0.1, -0.05) is 6.42 Å². The lowest BCUT2D eigenvalue weighted by Gasteiger charge is -2.27. The van der Waals surface area contributed by atoms with E-state index in [2.05, 4.69) is 5.32 Å². The second kappa shape index (κ2) is 2.21. The molecule has 1 aliphatic heterocycles. The topological polar surface area (TPSA) is 38.0 Å². The number of nitrogens with one attached hydrogen (secondary N) is 1. The van der Waals surface area contributed by atoms with E-state index in [1.54, 1.807) is 0 Å². The van der Waals surface area contributed by atoms with Gasteiger partial charge in [-0.15, -0.1) is 0 Å². The fourth-order valence-corrected chi connectivity index (χ4v) is 2.63. The summed E-state index contributed by atoms with van der Waals surface area (Å²) in [5.41, 5.74) is 6.12. The molecular weight excluding hydrogens is 124 g/mol. The summed E-state index contributed by atoms with van der Waals surface area (Å²) in [5.74, 6) is 0.900. The van der Waals surface area contributed by atoms with Gasteiger partial charge in [-0.25, -0.2) is 0 Å². The lowest BCUT2D eigenvalue weighted by molar-refractivity contribution is 0.331. The molecule has 10 heavy (non-hydrogen) atoms. The summed E-state index contributed by atoms with van der Waals surface area (Å²) >= 11 is 0. The molecule has 2 atom stereocenters. The molecule has 0 radical (unpaired) electrons. The SMILES string of the molecule is NCC12CCCC1CCN2. The summed E-state index contributed by atoms with van der Waals surface area (Å²) in [6.45, 7) is 2.04. The smallest absolute Gasteiger partial charge is 0.0332 e. The van der Waals surface area contributed by atoms with Gasteiger partial charge in [0.05, 0.1) is 0 Å². The maximum Gasteiger partial charge on any atom is 0.0332 e. The molecule has 2 heteroatoms. The first-order valence-corrected chi connectivity index (χ1v) is 4.32. The van der Waals surface area contributed by atoms with Gasteiger partial charge in [0.25, 0.3) is 0 Å². The van der Waals surface area contributed by atoms with Crippen LogP contribution in [-0.4, -0.2) is 18.6 Å². The molecule has 1 saturated heterocycles. The van der Waals surface area contributed by atoms with Gasteiger partial charge < -0.3 is 11.1 Å². The molecule has 2 aliphatic rings. The molecule has 2 rings (SSSR count). The van der Waals surface area contributed by atoms with Crippen LogP contribution in [0.1, 0.15) is 25.7 Å². The zero-order valence-corrected chi connectivity index (χ0v) is 6.40. The Bertz CT molecular complexity index is 123. The van der Waals surface area contributed by atoms with Gasteiger partial charge in [-0.05, 0) is 31.7 Å². The number of hydrogen-bond acceptors (Lipinski definition) is 2. The quantitative estimate of drug-likeness (QED) is 0.556. The molecule has 0 aromatic heterocycles. The minimum atomic E-state index is 0.375. The monoisotopic (exact) mass is 140 g/mol. The number of rotatable bonds is 1. The predicted molar refractivity (Wildman–Crippen MR) is 41.7 cm³/mol. The van der Waals surface area contributed by atoms with E-state index in [0.29, 0.717) is 5.54 Å². The standard InChI is InChI=1S/C8H16N2/c9-6-8-4-1-2-7(8)3-5-10-8/h7,10H,1-6,9H2. The molecule has 0 aromatic rings. The highest BCUT2D eigenvalue weighted by molar-refractivity contribution is 5.04. The van der Waals surface area contributed by atoms with Gasteiger partial charge in [-0.2, -0.15) is 0 Å². The Kier molecular flexibility index (Phi) is 1.46. The first-order valence-electron chi connectivity index (χ1n) is 4.32. The highest BCUT2D eigenvalue weighted by atomic mass is 15.0. The van der Waals surface area contributed by atoms with Gasteiger partial charge in [0.15, 0.2) is 0 Å². The fourth-order valence-electron chi connectivity index (χ4n) is 2.63. The Morgan fingerprint density at radius 1 is 1.50 bits per heavy atom. The number of hydrogen-bond donors (Lipinski definition) is 2. The van der Waals surface area contributed by atoms with Crippen molar-refractivity contribution in [1.29, 1.82) is 0 Å². The van der Waals surface area contributed by atoms with Crippen molar-refractivity contribution in [2.75, 3.05) is 13.1 Å². The van der Waals surface area contributed by atoms with Crippen LogP contribution in [0.2, 0.25) is 0 Å². The molecule has 1 aliphatic carbocycles. The van der Waals surface area contributed by atoms with Crippen LogP contribution in [0.3, 0.4) is 0 Å². The Morgan fingerprint density at radius 2 is 2.40 bits per heavy atom. The van der Waals surface area contributed by atoms with Crippen LogP contribution in [0.25, 0.3) is 0 Å². The summed E-state index contributed by atoms with van der Waals surface area (Å²) in [4.78, 5) is 0. The van der Waals surface area contributed by atoms with Crippen molar-refractivity contribution in [1.82, 2.24) is 5.32 Å². The Morgan fingerprint density at radius 3 is 3.10 bits per heavy atom. The number of fused-ring (bicyclic) bond motifs is 1. The molecule has 0 amide bonds. The van der Waals surface area contributed by atoms with Crippen LogP contribution in [0.4, 0.5) is 0 Å². The Labute approximate surface area is 62.2 Å². The van der Waals surface area contributed by atoms with E-state index in [9.17, 15) is 0 Å². The van der Waals surface area contributed by atoms with Crippen molar-refractivity contribution >= 4 is 0 Å². The van der Waals surface area contributed by atoms with Crippen molar-refractivity contribution in [3.05, 3.63) is 0 Å². The van der Waals surface area contributed by atoms with Crippen molar-refractivity contribution < 1.29 is 0 Å². The second-order valence-electron chi connectivity index (χ2n) is 3.66. The van der Waals surface area contributed by atoms with Crippen LogP contribution in [0, 0.1) is 5.92 Å². The van der Waals surface area contributed by atoms with Crippen molar-refractivity contribution in [2.45, 2.75) is 31.2 Å². The maximum atomic E-state index is 5.75. The van der Waals surface area contributed by atoms with E-state index in [1.807, 2.05) is 0 Å². The summed E-state index contributed by atoms with van der Waals surface area (Å²) in [5, 5.41) is 3.56. The zero-order valence-electron chi connectivity index (χ0n) is 6.40. The summed E-state index contributed by atoms with van der Waals surface area (Å²) < 4.78 is 0. The highest BCUT2D eigenvalue weighted by Crippen LogP contribution is 2.40. The lowest BCUT2D eigenvalue weighted by atomic mass is 9.89. The highest BCUT2D eigenvalue weighted by Gasteiger charge is 2.44. The summed E-state index contributed by atoms with van der Waals surface area (Å²) in [7, 11) is 0. The molecule has 1 saturated carbocycles. The molecule has 0 bridgehead atoms. The molecule has 0 spiro atoms. The van der Waals surface area contributed by atoms with E-state index in [0.717, 1.165) is 12.5 Å². The fraction of sp³-hybridized carbons (Fsp3) is 1.00. The van der Waals surface area contributed by atoms with Gasteiger partial charge in [0, 0.05) is 12.1 Å². The molecular formula is C8H16N2. The van der Waals surface area contributed by atoms with Crippen LogP contribution < -0.4 is 11.1 Å². The van der Waals surface area contributed by atoms with E-state index in [-0.39, 0.29) is 0 Å². The van der Waals surface area contributed by atoms with Gasteiger partial charge in [-0.3, -0.25) is 0 Å². The van der Waals surface area contributed by atoms with Gasteiger partial charge in [0.1, 0.15) is 0 Å². The molecule has 3 N–H and O–H groups in total. The van der Waals surface area contributed by atoms with Crippen LogP contribution in [0.5, 0.6) is 0 Å². The van der Waals surface area contributed by atoms with Crippen LogP contribution >= 0.6 is 0 Å². The third-order valence-corrected chi connectivity index (χ3v) is 3.29. The largest absolute Gasteiger partial charge is 0.329 e. The third kappa shape index (κ3) is 0.722. The van der Waals surface area contributed by atoms with Gasteiger partial charge >= 0.3 is 0 Å². The van der Waals surface area contributed by atoms with Crippen molar-refractivity contribution in [2.24, 2.45) is 11.7 Å². The third-order valence-electron chi connectivity index (χ3n) is 3.29. The molecule has 58 valence electrons. The molecule has 2 unspecified atom stereocenters.